The molecule has 0 spiro atoms. The highest BCUT2D eigenvalue weighted by atomic mass is 32.2. The summed E-state index contributed by atoms with van der Waals surface area (Å²) in [5, 5.41) is 5.77. The predicted octanol–water partition coefficient (Wildman–Crippen LogP) is 5.02. The number of carbonyl (C=O) groups is 1. The van der Waals surface area contributed by atoms with Gasteiger partial charge >= 0.3 is 0 Å². The highest BCUT2D eigenvalue weighted by molar-refractivity contribution is 7.92. The molecule has 32 heavy (non-hydrogen) atoms. The second-order valence-electron chi connectivity index (χ2n) is 7.84. The zero-order chi connectivity index (χ0) is 22.3. The number of para-hydroxylation sites is 1. The Morgan fingerprint density at radius 1 is 1.09 bits per heavy atom. The summed E-state index contributed by atoms with van der Waals surface area (Å²) in [4.78, 5) is 17.3. The van der Waals surface area contributed by atoms with Gasteiger partial charge in [0.15, 0.2) is 15.0 Å². The van der Waals surface area contributed by atoms with E-state index >= 15 is 0 Å². The van der Waals surface area contributed by atoms with Crippen molar-refractivity contribution in [2.45, 2.75) is 30.0 Å². The highest BCUT2D eigenvalue weighted by Gasteiger charge is 2.30. The Labute approximate surface area is 190 Å². The van der Waals surface area contributed by atoms with Crippen molar-refractivity contribution in [1.29, 1.82) is 0 Å². The molecule has 6 nitrogen and oxygen atoms in total. The van der Waals surface area contributed by atoms with Crippen molar-refractivity contribution >= 4 is 48.1 Å². The minimum Gasteiger partial charge on any atom is -0.369 e. The van der Waals surface area contributed by atoms with E-state index in [1.165, 1.54) is 35.6 Å². The molecule has 1 aliphatic rings. The number of hydrogen-bond acceptors (Lipinski definition) is 6. The maximum atomic E-state index is 13.1. The van der Waals surface area contributed by atoms with Crippen molar-refractivity contribution in [2.75, 3.05) is 10.6 Å². The number of rotatable bonds is 4. The van der Waals surface area contributed by atoms with Crippen LogP contribution >= 0.6 is 11.3 Å². The van der Waals surface area contributed by atoms with E-state index in [9.17, 15) is 13.2 Å². The Morgan fingerprint density at radius 3 is 2.69 bits per heavy atom. The molecule has 4 aromatic rings. The zero-order valence-corrected chi connectivity index (χ0v) is 19.0. The van der Waals surface area contributed by atoms with Crippen LogP contribution in [0.1, 0.15) is 27.9 Å². The van der Waals surface area contributed by atoms with Crippen LogP contribution in [0.15, 0.2) is 71.6 Å². The van der Waals surface area contributed by atoms with Gasteiger partial charge in [0.1, 0.15) is 5.37 Å². The maximum absolute atomic E-state index is 13.1. The molecule has 1 unspecified atom stereocenters. The Kier molecular flexibility index (Phi) is 5.19. The summed E-state index contributed by atoms with van der Waals surface area (Å²) in [5.41, 5.74) is 4.32. The van der Waals surface area contributed by atoms with Gasteiger partial charge in [-0.15, -0.1) is 0 Å². The van der Waals surface area contributed by atoms with Crippen LogP contribution in [0.25, 0.3) is 10.2 Å². The number of thiazole rings is 1. The summed E-state index contributed by atoms with van der Waals surface area (Å²) in [7, 11) is -3.58. The highest BCUT2D eigenvalue weighted by Crippen LogP contribution is 2.30. The number of aromatic nitrogens is 1. The molecule has 1 aliphatic heterocycles. The largest absolute Gasteiger partial charge is 0.369 e. The Morgan fingerprint density at radius 2 is 1.88 bits per heavy atom. The number of hydrogen-bond donors (Lipinski definition) is 2. The van der Waals surface area contributed by atoms with E-state index < -0.39 is 15.2 Å². The number of fused-ring (bicyclic) bond motifs is 2. The molecule has 3 aromatic carbocycles. The second-order valence-corrected chi connectivity index (χ2v) is 11.0. The van der Waals surface area contributed by atoms with Gasteiger partial charge in [0, 0.05) is 11.3 Å². The molecular weight excluding hydrogens is 442 g/mol. The molecule has 0 bridgehead atoms. The first kappa shape index (κ1) is 20.7. The van der Waals surface area contributed by atoms with Crippen molar-refractivity contribution < 1.29 is 13.2 Å². The molecule has 1 amide bonds. The molecule has 2 N–H and O–H groups in total. The minimum atomic E-state index is -3.58. The number of anilines is 2. The van der Waals surface area contributed by atoms with Gasteiger partial charge < -0.3 is 5.32 Å². The van der Waals surface area contributed by atoms with Crippen molar-refractivity contribution in [1.82, 2.24) is 4.98 Å². The van der Waals surface area contributed by atoms with E-state index in [2.05, 4.69) is 15.6 Å². The van der Waals surface area contributed by atoms with Crippen LogP contribution in [0.2, 0.25) is 0 Å². The summed E-state index contributed by atoms with van der Waals surface area (Å²) in [6.45, 7) is 2.01. The minimum absolute atomic E-state index is 0.196. The molecule has 0 radical (unpaired) electrons. The number of aryl methyl sites for hydroxylation is 2. The zero-order valence-electron chi connectivity index (χ0n) is 17.3. The van der Waals surface area contributed by atoms with E-state index in [0.717, 1.165) is 27.0 Å². The molecule has 0 saturated carbocycles. The molecular formula is C24H21N3O3S2. The first-order valence-corrected chi connectivity index (χ1v) is 12.6. The van der Waals surface area contributed by atoms with Gasteiger partial charge in [-0.3, -0.25) is 10.1 Å². The van der Waals surface area contributed by atoms with Crippen molar-refractivity contribution in [3.63, 3.8) is 0 Å². The van der Waals surface area contributed by atoms with Gasteiger partial charge in [-0.1, -0.05) is 35.6 Å². The van der Waals surface area contributed by atoms with Crippen molar-refractivity contribution in [3.05, 3.63) is 83.4 Å². The van der Waals surface area contributed by atoms with E-state index in [0.29, 0.717) is 23.5 Å². The molecule has 0 fully saturated rings. The van der Waals surface area contributed by atoms with E-state index in [1.54, 1.807) is 0 Å². The third-order valence-electron chi connectivity index (χ3n) is 5.59. The summed E-state index contributed by atoms with van der Waals surface area (Å²) in [6, 6.07) is 19.7. The van der Waals surface area contributed by atoms with E-state index in [1.807, 2.05) is 49.4 Å². The summed E-state index contributed by atoms with van der Waals surface area (Å²) < 4.78 is 27.3. The SMILES string of the molecule is Cc1ccc2nc(NC(=O)c3ccc(S(=O)(=O)C4CCc5ccccc5N4)cc3)sc2c1. The van der Waals surface area contributed by atoms with Gasteiger partial charge in [-0.25, -0.2) is 13.4 Å². The first-order chi connectivity index (χ1) is 15.4. The molecule has 2 heterocycles. The molecule has 8 heteroatoms. The van der Waals surface area contributed by atoms with Gasteiger partial charge in [-0.2, -0.15) is 0 Å². The third-order valence-corrected chi connectivity index (χ3v) is 8.56. The lowest BCUT2D eigenvalue weighted by Crippen LogP contribution is -2.33. The van der Waals surface area contributed by atoms with Crippen molar-refractivity contribution in [2.24, 2.45) is 0 Å². The molecule has 0 aliphatic carbocycles. The van der Waals surface area contributed by atoms with E-state index in [-0.39, 0.29) is 10.8 Å². The van der Waals surface area contributed by atoms with Crippen LogP contribution in [0, 0.1) is 6.92 Å². The molecule has 162 valence electrons. The first-order valence-electron chi connectivity index (χ1n) is 10.3. The lowest BCUT2D eigenvalue weighted by Gasteiger charge is -2.26. The number of nitrogens with one attached hydrogen (secondary N) is 2. The van der Waals surface area contributed by atoms with Gasteiger partial charge in [0.25, 0.3) is 5.91 Å². The average Bonchev–Trinajstić information content (AvgIpc) is 3.20. The van der Waals surface area contributed by atoms with Crippen LogP contribution < -0.4 is 10.6 Å². The van der Waals surface area contributed by atoms with Gasteiger partial charge in [0.05, 0.1) is 15.1 Å². The van der Waals surface area contributed by atoms with Crippen LogP contribution in [0.5, 0.6) is 0 Å². The van der Waals surface area contributed by atoms with Crippen molar-refractivity contribution in [3.8, 4) is 0 Å². The molecule has 1 atom stereocenters. The number of nitrogens with zero attached hydrogens (tertiary/aromatic N) is 1. The smallest absolute Gasteiger partial charge is 0.257 e. The van der Waals surface area contributed by atoms with Gasteiger partial charge in [-0.05, 0) is 73.4 Å². The summed E-state index contributed by atoms with van der Waals surface area (Å²) in [6.07, 6.45) is 1.20. The topological polar surface area (TPSA) is 88.2 Å². The third kappa shape index (κ3) is 3.87. The predicted molar refractivity (Wildman–Crippen MR) is 128 cm³/mol. The fourth-order valence-electron chi connectivity index (χ4n) is 3.86. The second kappa shape index (κ2) is 8.03. The number of sulfone groups is 1. The summed E-state index contributed by atoms with van der Waals surface area (Å²) in [5.74, 6) is -0.325. The van der Waals surface area contributed by atoms with Crippen LogP contribution in [-0.2, 0) is 16.3 Å². The lowest BCUT2D eigenvalue weighted by atomic mass is 10.0. The maximum Gasteiger partial charge on any atom is 0.257 e. The molecule has 1 aromatic heterocycles. The Hall–Kier alpha value is -3.23. The number of carbonyl (C=O) groups excluding carboxylic acids is 1. The van der Waals surface area contributed by atoms with E-state index in [4.69, 9.17) is 0 Å². The Balaban J connectivity index is 1.32. The normalized spacial score (nSPS) is 15.7. The van der Waals surface area contributed by atoms with Crippen LogP contribution in [0.4, 0.5) is 10.8 Å². The summed E-state index contributed by atoms with van der Waals surface area (Å²) >= 11 is 1.41. The van der Waals surface area contributed by atoms with Crippen LogP contribution in [0.3, 0.4) is 0 Å². The fourth-order valence-corrected chi connectivity index (χ4v) is 6.37. The Bertz CT molecular complexity index is 1430. The van der Waals surface area contributed by atoms with Gasteiger partial charge in [0.2, 0.25) is 0 Å². The lowest BCUT2D eigenvalue weighted by molar-refractivity contribution is 0.102. The monoisotopic (exact) mass is 463 g/mol. The van der Waals surface area contributed by atoms with Crippen LogP contribution in [-0.4, -0.2) is 24.7 Å². The fraction of sp³-hybridized carbons (Fsp3) is 0.167. The molecule has 0 saturated heterocycles. The number of amides is 1. The quantitative estimate of drug-likeness (QED) is 0.444. The molecule has 5 rings (SSSR count). The standard InChI is InChI=1S/C24H21N3O3S2/c1-15-6-12-20-21(14-15)31-24(26-20)27-23(28)17-7-10-18(11-8-17)32(29,30)22-13-9-16-4-2-3-5-19(16)25-22/h2-8,10-12,14,22,25H,9,13H2,1H3,(H,26,27,28). The average molecular weight is 464 g/mol. The number of benzene rings is 3.